The number of carbonyl (C=O) groups excluding carboxylic acids is 1. The van der Waals surface area contributed by atoms with Crippen LogP contribution in [0.15, 0.2) is 41.1 Å². The highest BCUT2D eigenvalue weighted by molar-refractivity contribution is 7.12. The van der Waals surface area contributed by atoms with Gasteiger partial charge in [-0.15, -0.1) is 22.7 Å². The summed E-state index contributed by atoms with van der Waals surface area (Å²) < 4.78 is 2.16. The Morgan fingerprint density at radius 1 is 1.03 bits per heavy atom. The van der Waals surface area contributed by atoms with E-state index < -0.39 is 0 Å². The number of aromatic nitrogens is 3. The first-order valence-electron chi connectivity index (χ1n) is 9.33. The summed E-state index contributed by atoms with van der Waals surface area (Å²) in [6.07, 6.45) is 0.267. The lowest BCUT2D eigenvalue weighted by Crippen LogP contribution is -2.14. The maximum Gasteiger partial charge on any atom is 0.231 e. The van der Waals surface area contributed by atoms with Crippen LogP contribution in [-0.2, 0) is 11.2 Å². The summed E-state index contributed by atoms with van der Waals surface area (Å²) in [5.74, 6) is -0.0570. The van der Waals surface area contributed by atoms with Crippen LogP contribution in [0.2, 0.25) is 0 Å². The predicted octanol–water partition coefficient (Wildman–Crippen LogP) is 5.47. The summed E-state index contributed by atoms with van der Waals surface area (Å²) in [6, 6.07) is 9.93. The first-order valence-corrected chi connectivity index (χ1v) is 11.1. The molecule has 0 unspecified atom stereocenters. The first kappa shape index (κ1) is 19.5. The van der Waals surface area contributed by atoms with Gasteiger partial charge in [0.2, 0.25) is 5.91 Å². The Morgan fingerprint density at radius 2 is 1.79 bits per heavy atom. The number of hydrogen-bond donors (Lipinski definition) is 1. The van der Waals surface area contributed by atoms with Crippen LogP contribution in [-0.4, -0.2) is 20.4 Å². The predicted molar refractivity (Wildman–Crippen MR) is 120 cm³/mol. The summed E-state index contributed by atoms with van der Waals surface area (Å²) in [6.45, 7) is 8.19. The van der Waals surface area contributed by atoms with Gasteiger partial charge in [0.05, 0.1) is 17.8 Å². The molecule has 1 aromatic carbocycles. The van der Waals surface area contributed by atoms with Gasteiger partial charge in [0.1, 0.15) is 5.01 Å². The molecular weight excluding hydrogens is 400 g/mol. The second-order valence-corrected chi connectivity index (χ2v) is 8.89. The maximum absolute atomic E-state index is 12.4. The van der Waals surface area contributed by atoms with Crippen molar-refractivity contribution in [2.45, 2.75) is 34.1 Å². The summed E-state index contributed by atoms with van der Waals surface area (Å²) in [5.41, 5.74) is 7.21. The number of aryl methyl sites for hydroxylation is 3. The van der Waals surface area contributed by atoms with Gasteiger partial charge in [0, 0.05) is 33.4 Å². The molecule has 3 heterocycles. The molecule has 5 nitrogen and oxygen atoms in total. The molecule has 1 N–H and O–H groups in total. The molecular formula is C22H22N4OS2. The average Bonchev–Trinajstić information content (AvgIpc) is 3.37. The summed E-state index contributed by atoms with van der Waals surface area (Å²) >= 11 is 3.15. The number of carbonyl (C=O) groups is 1. The van der Waals surface area contributed by atoms with E-state index in [0.29, 0.717) is 0 Å². The smallest absolute Gasteiger partial charge is 0.231 e. The van der Waals surface area contributed by atoms with E-state index in [1.807, 2.05) is 43.5 Å². The number of hydrogen-bond acceptors (Lipinski definition) is 5. The topological polar surface area (TPSA) is 59.8 Å². The van der Waals surface area contributed by atoms with Crippen LogP contribution < -0.4 is 5.32 Å². The van der Waals surface area contributed by atoms with E-state index in [2.05, 4.69) is 40.2 Å². The lowest BCUT2D eigenvalue weighted by molar-refractivity contribution is -0.115. The van der Waals surface area contributed by atoms with Crippen molar-refractivity contribution >= 4 is 34.3 Å². The third-order valence-corrected chi connectivity index (χ3v) is 6.50. The Hall–Kier alpha value is -2.77. The monoisotopic (exact) mass is 422 g/mol. The lowest BCUT2D eigenvalue weighted by atomic mass is 10.2. The molecule has 7 heteroatoms. The van der Waals surface area contributed by atoms with E-state index in [1.165, 1.54) is 11.3 Å². The Morgan fingerprint density at radius 3 is 2.48 bits per heavy atom. The van der Waals surface area contributed by atoms with Crippen LogP contribution in [0.5, 0.6) is 0 Å². The van der Waals surface area contributed by atoms with Gasteiger partial charge in [0.25, 0.3) is 0 Å². The number of anilines is 1. The number of nitrogens with one attached hydrogen (secondary N) is 1. The van der Waals surface area contributed by atoms with E-state index in [4.69, 9.17) is 4.98 Å². The highest BCUT2D eigenvalue weighted by Crippen LogP contribution is 2.31. The number of benzene rings is 1. The Balaban J connectivity index is 1.52. The zero-order valence-electron chi connectivity index (χ0n) is 16.8. The van der Waals surface area contributed by atoms with E-state index in [1.54, 1.807) is 11.3 Å². The molecule has 0 aliphatic heterocycles. The van der Waals surface area contributed by atoms with Gasteiger partial charge in [-0.05, 0) is 45.9 Å². The fourth-order valence-electron chi connectivity index (χ4n) is 3.26. The SMILES string of the molecule is Cc1ccc(NC(=O)Cc2nc(-c3cc(C)n(-c4nc(C)cs4)c3C)cs2)cc1. The Bertz CT molecular complexity index is 1170. The van der Waals surface area contributed by atoms with Gasteiger partial charge in [0.15, 0.2) is 5.13 Å². The average molecular weight is 423 g/mol. The van der Waals surface area contributed by atoms with Crippen molar-refractivity contribution in [1.82, 2.24) is 14.5 Å². The van der Waals surface area contributed by atoms with Crippen molar-refractivity contribution in [2.75, 3.05) is 5.32 Å². The summed E-state index contributed by atoms with van der Waals surface area (Å²) in [4.78, 5) is 21.7. The number of nitrogens with zero attached hydrogens (tertiary/aromatic N) is 3. The van der Waals surface area contributed by atoms with Crippen molar-refractivity contribution in [1.29, 1.82) is 0 Å². The molecule has 0 atom stereocenters. The van der Waals surface area contributed by atoms with E-state index in [9.17, 15) is 4.79 Å². The third kappa shape index (κ3) is 4.16. The molecule has 1 amide bonds. The van der Waals surface area contributed by atoms with Gasteiger partial charge in [-0.1, -0.05) is 17.7 Å². The van der Waals surface area contributed by atoms with Crippen molar-refractivity contribution < 1.29 is 4.79 Å². The minimum absolute atomic E-state index is 0.0570. The molecule has 4 rings (SSSR count). The molecule has 0 aliphatic carbocycles. The molecule has 0 aliphatic rings. The van der Waals surface area contributed by atoms with E-state index in [-0.39, 0.29) is 12.3 Å². The molecule has 0 saturated heterocycles. The molecule has 0 fully saturated rings. The first-order chi connectivity index (χ1) is 13.9. The van der Waals surface area contributed by atoms with Crippen LogP contribution in [0.25, 0.3) is 16.4 Å². The van der Waals surface area contributed by atoms with Gasteiger partial charge >= 0.3 is 0 Å². The molecule has 0 radical (unpaired) electrons. The highest BCUT2D eigenvalue weighted by atomic mass is 32.1. The normalized spacial score (nSPS) is 11.0. The molecule has 4 aromatic rings. The van der Waals surface area contributed by atoms with E-state index in [0.717, 1.165) is 49.7 Å². The number of amides is 1. The van der Waals surface area contributed by atoms with Gasteiger partial charge < -0.3 is 5.32 Å². The van der Waals surface area contributed by atoms with Gasteiger partial charge in [-0.25, -0.2) is 9.97 Å². The second kappa shape index (κ2) is 7.93. The number of rotatable bonds is 5. The van der Waals surface area contributed by atoms with Crippen molar-refractivity contribution in [2.24, 2.45) is 0 Å². The molecule has 148 valence electrons. The van der Waals surface area contributed by atoms with Gasteiger partial charge in [-0.3, -0.25) is 9.36 Å². The third-order valence-electron chi connectivity index (χ3n) is 4.70. The van der Waals surface area contributed by atoms with E-state index >= 15 is 0 Å². The fourth-order valence-corrected chi connectivity index (χ4v) is 4.96. The molecule has 0 bridgehead atoms. The van der Waals surface area contributed by atoms with Gasteiger partial charge in [-0.2, -0.15) is 0 Å². The molecule has 0 saturated carbocycles. The Kier molecular flexibility index (Phi) is 5.34. The number of thiazole rings is 2. The molecule has 0 spiro atoms. The highest BCUT2D eigenvalue weighted by Gasteiger charge is 2.17. The van der Waals surface area contributed by atoms with Crippen LogP contribution in [0.3, 0.4) is 0 Å². The minimum atomic E-state index is -0.0570. The van der Waals surface area contributed by atoms with Crippen LogP contribution in [0, 0.1) is 27.7 Å². The van der Waals surface area contributed by atoms with Crippen LogP contribution >= 0.6 is 22.7 Å². The fraction of sp³-hybridized carbons (Fsp3) is 0.227. The molecule has 3 aromatic heterocycles. The zero-order valence-corrected chi connectivity index (χ0v) is 18.4. The largest absolute Gasteiger partial charge is 0.326 e. The summed E-state index contributed by atoms with van der Waals surface area (Å²) in [5, 5.41) is 8.78. The standard InChI is InChI=1S/C22H22N4OS2/c1-13-5-7-17(8-6-13)24-20(27)10-21-25-19(12-28-21)18-9-15(3)26(16(18)4)22-23-14(2)11-29-22/h5-9,11-12H,10H2,1-4H3,(H,24,27). The molecule has 29 heavy (non-hydrogen) atoms. The maximum atomic E-state index is 12.4. The van der Waals surface area contributed by atoms with Crippen molar-refractivity contribution in [3.05, 3.63) is 68.7 Å². The minimum Gasteiger partial charge on any atom is -0.326 e. The second-order valence-electron chi connectivity index (χ2n) is 7.11. The Labute approximate surface area is 178 Å². The van der Waals surface area contributed by atoms with Crippen molar-refractivity contribution in [3.63, 3.8) is 0 Å². The quantitative estimate of drug-likeness (QED) is 0.464. The lowest BCUT2D eigenvalue weighted by Gasteiger charge is -2.05. The summed E-state index contributed by atoms with van der Waals surface area (Å²) in [7, 11) is 0. The van der Waals surface area contributed by atoms with Crippen LogP contribution in [0.4, 0.5) is 5.69 Å². The van der Waals surface area contributed by atoms with Crippen molar-refractivity contribution in [3.8, 4) is 16.4 Å². The zero-order chi connectivity index (χ0) is 20.5. The van der Waals surface area contributed by atoms with Crippen LogP contribution in [0.1, 0.15) is 27.7 Å².